The van der Waals surface area contributed by atoms with Gasteiger partial charge in [-0.05, 0) is 37.3 Å². The molecule has 3 rings (SSSR count). The summed E-state index contributed by atoms with van der Waals surface area (Å²) in [6.07, 6.45) is 1.60. The van der Waals surface area contributed by atoms with Gasteiger partial charge in [0.15, 0.2) is 0 Å². The molecule has 0 aliphatic heterocycles. The van der Waals surface area contributed by atoms with Crippen molar-refractivity contribution in [2.24, 2.45) is 5.10 Å². The van der Waals surface area contributed by atoms with Crippen molar-refractivity contribution in [2.45, 2.75) is 20.8 Å². The number of hydrazone groups is 1. The zero-order valence-electron chi connectivity index (χ0n) is 16.8. The Labute approximate surface area is 174 Å². The van der Waals surface area contributed by atoms with Gasteiger partial charge in [0.25, 0.3) is 11.8 Å². The van der Waals surface area contributed by atoms with E-state index < -0.39 is 5.91 Å². The van der Waals surface area contributed by atoms with Gasteiger partial charge in [-0.3, -0.25) is 9.59 Å². The van der Waals surface area contributed by atoms with Crippen LogP contribution >= 0.6 is 11.3 Å². The average Bonchev–Trinajstić information content (AvgIpc) is 3.17. The summed E-state index contributed by atoms with van der Waals surface area (Å²) in [6, 6.07) is 14.7. The summed E-state index contributed by atoms with van der Waals surface area (Å²) in [4.78, 5) is 23.9. The van der Waals surface area contributed by atoms with Crippen molar-refractivity contribution in [2.75, 3.05) is 13.2 Å². The summed E-state index contributed by atoms with van der Waals surface area (Å²) in [5, 5.41) is 9.59. The van der Waals surface area contributed by atoms with E-state index in [1.807, 2.05) is 50.4 Å². The number of rotatable bonds is 7. The van der Waals surface area contributed by atoms with E-state index in [1.54, 1.807) is 41.8 Å². The molecule has 0 aliphatic carbocycles. The molecule has 2 aromatic carbocycles. The predicted molar refractivity (Wildman–Crippen MR) is 119 cm³/mol. The molecular formula is C22H25N3O3S. The second-order valence-corrected chi connectivity index (χ2v) is 6.53. The molecule has 1 heterocycles. The van der Waals surface area contributed by atoms with E-state index in [-0.39, 0.29) is 12.5 Å². The average molecular weight is 412 g/mol. The van der Waals surface area contributed by atoms with Crippen LogP contribution in [0, 0.1) is 0 Å². The Morgan fingerprint density at radius 2 is 1.83 bits per heavy atom. The molecule has 2 N–H and O–H groups in total. The Hall–Kier alpha value is -3.19. The molecule has 0 atom stereocenters. The third-order valence-electron chi connectivity index (χ3n) is 3.74. The summed E-state index contributed by atoms with van der Waals surface area (Å²) < 4.78 is 6.49. The molecular weight excluding hydrogens is 386 g/mol. The van der Waals surface area contributed by atoms with Crippen LogP contribution in [-0.4, -0.2) is 31.2 Å². The van der Waals surface area contributed by atoms with Gasteiger partial charge in [-0.1, -0.05) is 32.0 Å². The molecule has 0 saturated carbocycles. The van der Waals surface area contributed by atoms with E-state index >= 15 is 0 Å². The van der Waals surface area contributed by atoms with Gasteiger partial charge in [0.1, 0.15) is 5.75 Å². The molecule has 3 aromatic rings. The highest BCUT2D eigenvalue weighted by Crippen LogP contribution is 2.24. The fraction of sp³-hybridized carbons (Fsp3) is 0.227. The predicted octanol–water partition coefficient (Wildman–Crippen LogP) is 4.21. The third kappa shape index (κ3) is 6.43. The standard InChI is InChI=1S/C20H19N3O3S.C2H6/c1-2-26-16-9-7-14(8-10-16)20(25)21-12-19(24)23-22-11-15-13-27-18-6-4-3-5-17(15)18;1-2/h3-11,13H,2,12H2,1H3,(H,21,25)(H,23,24);1-2H3/b22-11+;. The number of benzene rings is 2. The van der Waals surface area contributed by atoms with Gasteiger partial charge in [0.2, 0.25) is 0 Å². The highest BCUT2D eigenvalue weighted by Gasteiger charge is 2.08. The van der Waals surface area contributed by atoms with Crippen LogP contribution in [0.3, 0.4) is 0 Å². The van der Waals surface area contributed by atoms with Gasteiger partial charge in [0.05, 0.1) is 19.4 Å². The number of ether oxygens (including phenoxy) is 1. The van der Waals surface area contributed by atoms with Crippen molar-refractivity contribution >= 4 is 39.5 Å². The smallest absolute Gasteiger partial charge is 0.259 e. The van der Waals surface area contributed by atoms with Crippen molar-refractivity contribution in [1.82, 2.24) is 10.7 Å². The van der Waals surface area contributed by atoms with Crippen molar-refractivity contribution in [1.29, 1.82) is 0 Å². The van der Waals surface area contributed by atoms with Crippen LogP contribution < -0.4 is 15.5 Å². The first kappa shape index (κ1) is 22.1. The van der Waals surface area contributed by atoms with Crippen molar-refractivity contribution in [3.05, 3.63) is 65.0 Å². The van der Waals surface area contributed by atoms with Crippen LogP contribution in [0.25, 0.3) is 10.1 Å². The molecule has 7 heteroatoms. The normalized spacial score (nSPS) is 10.3. The van der Waals surface area contributed by atoms with E-state index in [1.165, 1.54) is 0 Å². The summed E-state index contributed by atoms with van der Waals surface area (Å²) in [5.41, 5.74) is 3.82. The van der Waals surface area contributed by atoms with E-state index in [0.717, 1.165) is 15.6 Å². The molecule has 0 spiro atoms. The first-order valence-corrected chi connectivity index (χ1v) is 10.3. The lowest BCUT2D eigenvalue weighted by Crippen LogP contribution is -2.34. The van der Waals surface area contributed by atoms with Crippen molar-refractivity contribution in [3.63, 3.8) is 0 Å². The first-order valence-electron chi connectivity index (χ1n) is 9.46. The van der Waals surface area contributed by atoms with Gasteiger partial charge in [-0.25, -0.2) is 5.43 Å². The van der Waals surface area contributed by atoms with Crippen LogP contribution in [-0.2, 0) is 4.79 Å². The Morgan fingerprint density at radius 1 is 1.10 bits per heavy atom. The molecule has 0 unspecified atom stereocenters. The number of nitrogens with zero attached hydrogens (tertiary/aromatic N) is 1. The van der Waals surface area contributed by atoms with E-state index in [0.29, 0.717) is 17.9 Å². The minimum atomic E-state index is -0.398. The maximum atomic E-state index is 12.1. The minimum Gasteiger partial charge on any atom is -0.494 e. The second kappa shape index (κ2) is 11.6. The maximum absolute atomic E-state index is 12.1. The number of fused-ring (bicyclic) bond motifs is 1. The number of carbonyl (C=O) groups excluding carboxylic acids is 2. The quantitative estimate of drug-likeness (QED) is 0.452. The Kier molecular flexibility index (Phi) is 8.85. The van der Waals surface area contributed by atoms with Crippen LogP contribution in [0.15, 0.2) is 59.0 Å². The fourth-order valence-electron chi connectivity index (χ4n) is 2.44. The summed E-state index contributed by atoms with van der Waals surface area (Å²) >= 11 is 1.62. The second-order valence-electron chi connectivity index (χ2n) is 5.62. The first-order chi connectivity index (χ1) is 14.2. The number of thiophene rings is 1. The zero-order valence-corrected chi connectivity index (χ0v) is 17.6. The molecule has 6 nitrogen and oxygen atoms in total. The van der Waals surface area contributed by atoms with Gasteiger partial charge in [-0.2, -0.15) is 5.10 Å². The Bertz CT molecular complexity index is 965. The molecule has 2 amide bonds. The summed E-state index contributed by atoms with van der Waals surface area (Å²) in [6.45, 7) is 6.30. The topological polar surface area (TPSA) is 79.8 Å². The van der Waals surface area contributed by atoms with E-state index in [2.05, 4.69) is 15.8 Å². The highest BCUT2D eigenvalue weighted by molar-refractivity contribution is 7.17. The lowest BCUT2D eigenvalue weighted by molar-refractivity contribution is -0.120. The Balaban J connectivity index is 0.00000145. The molecule has 0 aliphatic rings. The van der Waals surface area contributed by atoms with Gasteiger partial charge >= 0.3 is 0 Å². The molecule has 152 valence electrons. The molecule has 1 aromatic heterocycles. The van der Waals surface area contributed by atoms with Gasteiger partial charge in [0, 0.05) is 26.6 Å². The number of amides is 2. The number of hydrogen-bond acceptors (Lipinski definition) is 5. The molecule has 0 fully saturated rings. The monoisotopic (exact) mass is 411 g/mol. The summed E-state index contributed by atoms with van der Waals surface area (Å²) in [7, 11) is 0. The SMILES string of the molecule is CC.CCOc1ccc(C(=O)NCC(=O)N/N=C/c2csc3ccccc23)cc1. The highest BCUT2D eigenvalue weighted by atomic mass is 32.1. The summed E-state index contributed by atoms with van der Waals surface area (Å²) in [5.74, 6) is -0.0341. The lowest BCUT2D eigenvalue weighted by atomic mass is 10.2. The number of hydrogen-bond donors (Lipinski definition) is 2. The third-order valence-corrected chi connectivity index (χ3v) is 4.72. The maximum Gasteiger partial charge on any atom is 0.259 e. The van der Waals surface area contributed by atoms with Crippen LogP contribution in [0.5, 0.6) is 5.75 Å². The fourth-order valence-corrected chi connectivity index (χ4v) is 3.36. The van der Waals surface area contributed by atoms with E-state index in [4.69, 9.17) is 4.74 Å². The molecule has 29 heavy (non-hydrogen) atoms. The zero-order chi connectivity index (χ0) is 21.1. The Morgan fingerprint density at radius 3 is 2.55 bits per heavy atom. The number of nitrogens with one attached hydrogen (secondary N) is 2. The van der Waals surface area contributed by atoms with Crippen LogP contribution in [0.2, 0.25) is 0 Å². The van der Waals surface area contributed by atoms with E-state index in [9.17, 15) is 9.59 Å². The number of carbonyl (C=O) groups is 2. The van der Waals surface area contributed by atoms with Gasteiger partial charge in [-0.15, -0.1) is 11.3 Å². The largest absolute Gasteiger partial charge is 0.494 e. The van der Waals surface area contributed by atoms with Crippen LogP contribution in [0.4, 0.5) is 0 Å². The van der Waals surface area contributed by atoms with Gasteiger partial charge < -0.3 is 10.1 Å². The molecule has 0 saturated heterocycles. The lowest BCUT2D eigenvalue weighted by Gasteiger charge is -2.06. The molecule has 0 bridgehead atoms. The van der Waals surface area contributed by atoms with Crippen molar-refractivity contribution in [3.8, 4) is 5.75 Å². The van der Waals surface area contributed by atoms with Crippen molar-refractivity contribution < 1.29 is 14.3 Å². The van der Waals surface area contributed by atoms with Crippen LogP contribution in [0.1, 0.15) is 36.7 Å². The minimum absolute atomic E-state index is 0.159. The molecule has 0 radical (unpaired) electrons.